The van der Waals surface area contributed by atoms with E-state index < -0.39 is 12.1 Å². The van der Waals surface area contributed by atoms with E-state index in [1.165, 1.54) is 0 Å². The smallest absolute Gasteiger partial charge is 0.314 e. The number of thioether (sulfide) groups is 1. The van der Waals surface area contributed by atoms with Gasteiger partial charge in [-0.25, -0.2) is 0 Å². The van der Waals surface area contributed by atoms with Gasteiger partial charge in [0.05, 0.1) is 0 Å². The van der Waals surface area contributed by atoms with E-state index in [9.17, 15) is 4.79 Å². The first-order chi connectivity index (χ1) is 9.54. The van der Waals surface area contributed by atoms with Crippen molar-refractivity contribution in [1.82, 2.24) is 10.2 Å². The molecule has 2 rings (SSSR count). The van der Waals surface area contributed by atoms with Crippen LogP contribution in [0.4, 0.5) is 0 Å². The average Bonchev–Trinajstić information content (AvgIpc) is 2.85. The van der Waals surface area contributed by atoms with Crippen LogP contribution >= 0.6 is 27.7 Å². The van der Waals surface area contributed by atoms with Crippen LogP contribution in [0.2, 0.25) is 0 Å². The molecule has 20 heavy (non-hydrogen) atoms. The van der Waals surface area contributed by atoms with Crippen LogP contribution in [0, 0.1) is 0 Å². The van der Waals surface area contributed by atoms with Gasteiger partial charge in [0.1, 0.15) is 11.5 Å². The molecule has 1 aromatic heterocycles. The summed E-state index contributed by atoms with van der Waals surface area (Å²) in [7, 11) is 0. The lowest BCUT2D eigenvalue weighted by Gasteiger charge is -2.10. The second-order valence-corrected chi connectivity index (χ2v) is 5.65. The van der Waals surface area contributed by atoms with Gasteiger partial charge in [-0.2, -0.15) is 0 Å². The molecule has 1 N–H and O–H groups in total. The minimum atomic E-state index is -0.937. The third kappa shape index (κ3) is 4.24. The Morgan fingerprint density at radius 2 is 2.35 bits per heavy atom. The molecule has 1 atom stereocenters. The summed E-state index contributed by atoms with van der Waals surface area (Å²) in [5.41, 5.74) is 0. The molecular formula is C12H11BrN2O4S. The van der Waals surface area contributed by atoms with Crippen LogP contribution in [-0.2, 0) is 4.79 Å². The molecule has 0 aliphatic carbocycles. The Hall–Kier alpha value is -1.54. The topological polar surface area (TPSA) is 85.5 Å². The van der Waals surface area contributed by atoms with E-state index in [0.717, 1.165) is 16.2 Å². The Morgan fingerprint density at radius 3 is 3.05 bits per heavy atom. The molecule has 0 radical (unpaired) electrons. The minimum absolute atomic E-state index is 0.123. The minimum Gasteiger partial charge on any atom is -0.481 e. The summed E-state index contributed by atoms with van der Waals surface area (Å²) < 4.78 is 11.9. The number of nitrogens with zero attached hydrogens (tertiary/aromatic N) is 2. The molecule has 0 amide bonds. The largest absolute Gasteiger partial charge is 0.481 e. The van der Waals surface area contributed by atoms with Crippen molar-refractivity contribution in [3.8, 4) is 5.75 Å². The SMILES string of the molecule is CC(Oc1cccc(Br)c1)c1nnc(SCC(=O)O)o1. The zero-order chi connectivity index (χ0) is 14.5. The van der Waals surface area contributed by atoms with Crippen LogP contribution in [0.5, 0.6) is 5.75 Å². The van der Waals surface area contributed by atoms with E-state index >= 15 is 0 Å². The standard InChI is InChI=1S/C12H11BrN2O4S/c1-7(18-9-4-2-3-8(13)5-9)11-14-15-12(19-11)20-6-10(16)17/h2-5,7H,6H2,1H3,(H,16,17). The average molecular weight is 359 g/mol. The highest BCUT2D eigenvalue weighted by Gasteiger charge is 2.16. The monoisotopic (exact) mass is 358 g/mol. The molecule has 1 unspecified atom stereocenters. The zero-order valence-electron chi connectivity index (χ0n) is 10.4. The van der Waals surface area contributed by atoms with Gasteiger partial charge in [0, 0.05) is 4.47 Å². The summed E-state index contributed by atoms with van der Waals surface area (Å²) in [5, 5.41) is 16.4. The van der Waals surface area contributed by atoms with E-state index in [1.807, 2.05) is 24.3 Å². The number of aromatic nitrogens is 2. The Bertz CT molecular complexity index is 605. The van der Waals surface area contributed by atoms with Crippen LogP contribution in [0.3, 0.4) is 0 Å². The first kappa shape index (κ1) is 14.9. The fraction of sp³-hybridized carbons (Fsp3) is 0.250. The van der Waals surface area contributed by atoms with Gasteiger partial charge in [0.25, 0.3) is 11.1 Å². The molecule has 1 heterocycles. The Morgan fingerprint density at radius 1 is 1.55 bits per heavy atom. The number of carbonyl (C=O) groups is 1. The lowest BCUT2D eigenvalue weighted by Crippen LogP contribution is -2.03. The lowest BCUT2D eigenvalue weighted by molar-refractivity contribution is -0.133. The van der Waals surface area contributed by atoms with Crippen molar-refractivity contribution in [1.29, 1.82) is 0 Å². The lowest BCUT2D eigenvalue weighted by atomic mass is 10.3. The Kier molecular flexibility index (Phi) is 5.02. The number of hydrogen-bond acceptors (Lipinski definition) is 6. The van der Waals surface area contributed by atoms with Crippen molar-refractivity contribution < 1.29 is 19.1 Å². The summed E-state index contributed by atoms with van der Waals surface area (Å²) in [6, 6.07) is 7.39. The molecule has 0 aliphatic heterocycles. The van der Waals surface area contributed by atoms with E-state index in [2.05, 4.69) is 26.1 Å². The summed E-state index contributed by atoms with van der Waals surface area (Å²) in [6.45, 7) is 1.78. The number of hydrogen-bond donors (Lipinski definition) is 1. The van der Waals surface area contributed by atoms with Crippen LogP contribution in [-0.4, -0.2) is 27.0 Å². The summed E-state index contributed by atoms with van der Waals surface area (Å²) in [5.74, 6) is -0.0847. The van der Waals surface area contributed by atoms with Gasteiger partial charge in [-0.3, -0.25) is 4.79 Å². The number of aliphatic carboxylic acids is 1. The van der Waals surface area contributed by atoms with Crippen molar-refractivity contribution in [3.05, 3.63) is 34.6 Å². The Balaban J connectivity index is 1.98. The quantitative estimate of drug-likeness (QED) is 0.793. The second kappa shape index (κ2) is 6.76. The van der Waals surface area contributed by atoms with Gasteiger partial charge >= 0.3 is 5.97 Å². The molecular weight excluding hydrogens is 348 g/mol. The summed E-state index contributed by atoms with van der Waals surface area (Å²) in [6.07, 6.45) is -0.420. The van der Waals surface area contributed by atoms with Crippen LogP contribution in [0.1, 0.15) is 18.9 Å². The van der Waals surface area contributed by atoms with Gasteiger partial charge in [-0.1, -0.05) is 33.8 Å². The molecule has 2 aromatic rings. The molecule has 0 saturated carbocycles. The maximum Gasteiger partial charge on any atom is 0.314 e. The first-order valence-electron chi connectivity index (χ1n) is 5.65. The Labute approximate surface area is 127 Å². The van der Waals surface area contributed by atoms with E-state index in [1.54, 1.807) is 6.92 Å². The van der Waals surface area contributed by atoms with Crippen LogP contribution in [0.25, 0.3) is 0 Å². The molecule has 0 aliphatic rings. The maximum absolute atomic E-state index is 10.4. The molecule has 1 aromatic carbocycles. The van der Waals surface area contributed by atoms with Crippen molar-refractivity contribution >= 4 is 33.7 Å². The molecule has 0 spiro atoms. The van der Waals surface area contributed by atoms with Crippen LogP contribution in [0.15, 0.2) is 38.4 Å². The molecule has 106 valence electrons. The highest BCUT2D eigenvalue weighted by molar-refractivity contribution is 9.10. The zero-order valence-corrected chi connectivity index (χ0v) is 12.8. The fourth-order valence-corrected chi connectivity index (χ4v) is 2.23. The number of halogens is 1. The molecule has 6 nitrogen and oxygen atoms in total. The number of rotatable bonds is 6. The number of ether oxygens (including phenoxy) is 1. The van der Waals surface area contributed by atoms with Gasteiger partial charge in [-0.05, 0) is 25.1 Å². The molecule has 0 fully saturated rings. The summed E-state index contributed by atoms with van der Waals surface area (Å²) >= 11 is 4.33. The van der Waals surface area contributed by atoms with Crippen molar-refractivity contribution in [2.45, 2.75) is 18.3 Å². The van der Waals surface area contributed by atoms with Crippen molar-refractivity contribution in [3.63, 3.8) is 0 Å². The predicted molar refractivity (Wildman–Crippen MR) is 75.8 cm³/mol. The number of benzene rings is 1. The third-order valence-corrected chi connectivity index (χ3v) is 3.49. The van der Waals surface area contributed by atoms with E-state index in [4.69, 9.17) is 14.3 Å². The maximum atomic E-state index is 10.4. The van der Waals surface area contributed by atoms with Crippen molar-refractivity contribution in [2.75, 3.05) is 5.75 Å². The van der Waals surface area contributed by atoms with E-state index in [-0.39, 0.29) is 11.0 Å². The van der Waals surface area contributed by atoms with Crippen LogP contribution < -0.4 is 4.74 Å². The number of carboxylic acids is 1. The highest BCUT2D eigenvalue weighted by atomic mass is 79.9. The first-order valence-corrected chi connectivity index (χ1v) is 7.42. The van der Waals surface area contributed by atoms with Gasteiger partial charge in [-0.15, -0.1) is 10.2 Å². The normalized spacial score (nSPS) is 12.1. The van der Waals surface area contributed by atoms with Crippen molar-refractivity contribution in [2.24, 2.45) is 0 Å². The molecule has 8 heteroatoms. The predicted octanol–water partition coefficient (Wildman–Crippen LogP) is 3.15. The molecule has 0 bridgehead atoms. The summed E-state index contributed by atoms with van der Waals surface area (Å²) in [4.78, 5) is 10.4. The number of carboxylic acid groups (broad SMARTS) is 1. The third-order valence-electron chi connectivity index (χ3n) is 2.20. The molecule has 0 saturated heterocycles. The highest BCUT2D eigenvalue weighted by Crippen LogP contribution is 2.25. The fourth-order valence-electron chi connectivity index (χ4n) is 1.36. The van der Waals surface area contributed by atoms with Gasteiger partial charge in [0.15, 0.2) is 6.10 Å². The second-order valence-electron chi connectivity index (χ2n) is 3.81. The van der Waals surface area contributed by atoms with Gasteiger partial charge < -0.3 is 14.3 Å². The van der Waals surface area contributed by atoms with Gasteiger partial charge in [0.2, 0.25) is 0 Å². The van der Waals surface area contributed by atoms with E-state index in [0.29, 0.717) is 11.6 Å².